The molecule has 188 valence electrons. The van der Waals surface area contributed by atoms with Gasteiger partial charge in [-0.2, -0.15) is 0 Å². The maximum absolute atomic E-state index is 15.4. The van der Waals surface area contributed by atoms with Gasteiger partial charge in [0.1, 0.15) is 22.4 Å². The minimum absolute atomic E-state index is 0.148. The van der Waals surface area contributed by atoms with Crippen LogP contribution in [-0.2, 0) is 10.0 Å². The first-order chi connectivity index (χ1) is 17.1. The molecule has 12 heteroatoms. The molecule has 2 aromatic rings. The standard InChI is InChI=1S/C24H22F3N5O3S/c1-24-20(23(29-12-31-24)28-10-13-5-6-13)16(11-30-24)22(33)15-3-2-4-18(21(15)27)32-36(34,35)19-9-14(25)7-8-17(19)26/h2-4,7-9,11-13,28,30,32H,5-6,10H2,1H3,(H,29,31). The number of rotatable bonds is 8. The summed E-state index contributed by atoms with van der Waals surface area (Å²) < 4.78 is 70.2. The Labute approximate surface area is 205 Å². The minimum Gasteiger partial charge on any atom is -0.371 e. The molecule has 5 rings (SSSR count). The van der Waals surface area contributed by atoms with E-state index in [4.69, 9.17) is 0 Å². The Kier molecular flexibility index (Phi) is 5.78. The van der Waals surface area contributed by atoms with Gasteiger partial charge in [0.05, 0.1) is 23.2 Å². The lowest BCUT2D eigenvalue weighted by molar-refractivity contribution is 0.103. The molecule has 0 spiro atoms. The Bertz CT molecular complexity index is 1470. The molecule has 0 saturated heterocycles. The van der Waals surface area contributed by atoms with Crippen LogP contribution in [0.1, 0.15) is 30.1 Å². The normalized spacial score (nSPS) is 20.8. The molecule has 2 heterocycles. The molecule has 3 aliphatic rings. The lowest BCUT2D eigenvalue weighted by Gasteiger charge is -2.30. The number of ketones is 1. The van der Waals surface area contributed by atoms with E-state index in [0.29, 0.717) is 36.0 Å². The van der Waals surface area contributed by atoms with Crippen LogP contribution in [-0.4, -0.2) is 32.7 Å². The Balaban J connectivity index is 1.46. The second kappa shape index (κ2) is 8.70. The topological polar surface area (TPSA) is 112 Å². The molecular formula is C24H22F3N5O3S. The van der Waals surface area contributed by atoms with Crippen LogP contribution in [0.3, 0.4) is 0 Å². The smallest absolute Gasteiger partial charge is 0.265 e. The highest BCUT2D eigenvalue weighted by molar-refractivity contribution is 7.92. The number of carbonyl (C=O) groups is 1. The summed E-state index contributed by atoms with van der Waals surface area (Å²) in [5.41, 5.74) is -1.29. The van der Waals surface area contributed by atoms with Crippen LogP contribution in [0.4, 0.5) is 18.9 Å². The molecule has 1 fully saturated rings. The van der Waals surface area contributed by atoms with Crippen LogP contribution in [0.15, 0.2) is 69.5 Å². The summed E-state index contributed by atoms with van der Waals surface area (Å²) in [5.74, 6) is -2.93. The van der Waals surface area contributed by atoms with E-state index in [0.717, 1.165) is 25.0 Å². The predicted octanol–water partition coefficient (Wildman–Crippen LogP) is 3.13. The van der Waals surface area contributed by atoms with Crippen LogP contribution in [0, 0.1) is 23.4 Å². The third kappa shape index (κ3) is 4.32. The average molecular weight is 518 g/mol. The van der Waals surface area contributed by atoms with Crippen molar-refractivity contribution in [3.05, 3.63) is 82.6 Å². The highest BCUT2D eigenvalue weighted by Crippen LogP contribution is 2.37. The van der Waals surface area contributed by atoms with Crippen molar-refractivity contribution in [3.8, 4) is 0 Å². The van der Waals surface area contributed by atoms with Crippen molar-refractivity contribution in [1.82, 2.24) is 16.0 Å². The predicted molar refractivity (Wildman–Crippen MR) is 127 cm³/mol. The van der Waals surface area contributed by atoms with Gasteiger partial charge in [0, 0.05) is 18.3 Å². The number of Topliss-reactive ketones (excluding diaryl/α,β-unsaturated/α-hetero) is 1. The monoisotopic (exact) mass is 517 g/mol. The summed E-state index contributed by atoms with van der Waals surface area (Å²) in [4.78, 5) is 16.9. The molecule has 2 aliphatic heterocycles. The quantitative estimate of drug-likeness (QED) is 0.401. The zero-order chi connectivity index (χ0) is 25.7. The molecule has 1 unspecified atom stereocenters. The third-order valence-electron chi connectivity index (χ3n) is 6.21. The third-order valence-corrected chi connectivity index (χ3v) is 7.60. The number of hydrogen-bond acceptors (Lipinski definition) is 7. The van der Waals surface area contributed by atoms with E-state index >= 15 is 4.39 Å². The number of fused-ring (bicyclic) bond motifs is 1. The van der Waals surface area contributed by atoms with E-state index < -0.39 is 55.1 Å². The lowest BCUT2D eigenvalue weighted by atomic mass is 9.91. The summed E-state index contributed by atoms with van der Waals surface area (Å²) in [5, 5.41) is 9.35. The molecule has 1 saturated carbocycles. The van der Waals surface area contributed by atoms with Gasteiger partial charge in [-0.25, -0.2) is 26.6 Å². The van der Waals surface area contributed by atoms with E-state index in [9.17, 15) is 22.0 Å². The van der Waals surface area contributed by atoms with Gasteiger partial charge < -0.3 is 16.0 Å². The summed E-state index contributed by atoms with van der Waals surface area (Å²) in [6.45, 7) is 2.48. The van der Waals surface area contributed by atoms with E-state index in [-0.39, 0.29) is 5.57 Å². The summed E-state index contributed by atoms with van der Waals surface area (Å²) in [6.07, 6.45) is 5.19. The maximum Gasteiger partial charge on any atom is 0.265 e. The van der Waals surface area contributed by atoms with Crippen molar-refractivity contribution in [3.63, 3.8) is 0 Å². The number of anilines is 1. The molecule has 8 nitrogen and oxygen atoms in total. The van der Waals surface area contributed by atoms with E-state index in [1.807, 2.05) is 4.72 Å². The number of halogens is 3. The van der Waals surface area contributed by atoms with Gasteiger partial charge in [0.2, 0.25) is 0 Å². The van der Waals surface area contributed by atoms with E-state index in [2.05, 4.69) is 20.9 Å². The molecule has 36 heavy (non-hydrogen) atoms. The number of sulfonamides is 1. The van der Waals surface area contributed by atoms with Gasteiger partial charge in [-0.05, 0) is 56.0 Å². The average Bonchev–Trinajstić information content (AvgIpc) is 3.59. The Hall–Kier alpha value is -3.80. The minimum atomic E-state index is -4.69. The molecule has 0 amide bonds. The molecule has 0 bridgehead atoms. The maximum atomic E-state index is 15.4. The van der Waals surface area contributed by atoms with Crippen molar-refractivity contribution >= 4 is 27.8 Å². The fourth-order valence-electron chi connectivity index (χ4n) is 4.10. The van der Waals surface area contributed by atoms with Gasteiger partial charge >= 0.3 is 0 Å². The van der Waals surface area contributed by atoms with Crippen LogP contribution >= 0.6 is 0 Å². The summed E-state index contributed by atoms with van der Waals surface area (Å²) in [7, 11) is -4.69. The number of nitrogens with zero attached hydrogens (tertiary/aromatic N) is 1. The van der Waals surface area contributed by atoms with Gasteiger partial charge in [-0.15, -0.1) is 0 Å². The number of hydrogen-bond donors (Lipinski definition) is 4. The SMILES string of the molecule is CC12N=CNC(NCC3CC3)=C1C(C(=O)c1cccc(NS(=O)(=O)c3cc(F)ccc3F)c1F)=CN2. The van der Waals surface area contributed by atoms with Crippen molar-refractivity contribution in [2.45, 2.75) is 30.3 Å². The van der Waals surface area contributed by atoms with E-state index in [1.165, 1.54) is 24.7 Å². The second-order valence-electron chi connectivity index (χ2n) is 8.93. The first kappa shape index (κ1) is 23.9. The molecule has 1 atom stereocenters. The number of nitrogens with one attached hydrogen (secondary N) is 4. The highest BCUT2D eigenvalue weighted by atomic mass is 32.2. The van der Waals surface area contributed by atoms with E-state index in [1.54, 1.807) is 6.92 Å². The van der Waals surface area contributed by atoms with Crippen molar-refractivity contribution in [2.24, 2.45) is 10.9 Å². The summed E-state index contributed by atoms with van der Waals surface area (Å²) >= 11 is 0. The lowest BCUT2D eigenvalue weighted by Crippen LogP contribution is -2.44. The molecular weight excluding hydrogens is 495 g/mol. The Morgan fingerprint density at radius 3 is 2.72 bits per heavy atom. The molecule has 0 radical (unpaired) electrons. The largest absolute Gasteiger partial charge is 0.371 e. The Morgan fingerprint density at radius 2 is 1.97 bits per heavy atom. The van der Waals surface area contributed by atoms with Gasteiger partial charge in [-0.1, -0.05) is 6.07 Å². The highest BCUT2D eigenvalue weighted by Gasteiger charge is 2.42. The number of aliphatic imine (C=N–C) groups is 1. The van der Waals surface area contributed by atoms with Gasteiger partial charge in [0.15, 0.2) is 17.3 Å². The summed E-state index contributed by atoms with van der Waals surface area (Å²) in [6, 6.07) is 5.49. The fourth-order valence-corrected chi connectivity index (χ4v) is 5.25. The second-order valence-corrected chi connectivity index (χ2v) is 10.6. The first-order valence-corrected chi connectivity index (χ1v) is 12.7. The molecule has 1 aliphatic carbocycles. The molecule has 4 N–H and O–H groups in total. The number of carbonyl (C=O) groups excluding carboxylic acids is 1. The van der Waals surface area contributed by atoms with Crippen LogP contribution in [0.25, 0.3) is 0 Å². The molecule has 0 aromatic heterocycles. The zero-order valence-corrected chi connectivity index (χ0v) is 19.8. The van der Waals surface area contributed by atoms with Crippen LogP contribution in [0.5, 0.6) is 0 Å². The fraction of sp³-hybridized carbons (Fsp3) is 0.250. The zero-order valence-electron chi connectivity index (χ0n) is 19.0. The molecule has 2 aromatic carbocycles. The van der Waals surface area contributed by atoms with Crippen molar-refractivity contribution in [2.75, 3.05) is 11.3 Å². The van der Waals surface area contributed by atoms with Gasteiger partial charge in [0.25, 0.3) is 10.0 Å². The van der Waals surface area contributed by atoms with Gasteiger partial charge in [-0.3, -0.25) is 9.52 Å². The Morgan fingerprint density at radius 1 is 1.19 bits per heavy atom. The first-order valence-electron chi connectivity index (χ1n) is 11.2. The van der Waals surface area contributed by atoms with Crippen molar-refractivity contribution in [1.29, 1.82) is 0 Å². The van der Waals surface area contributed by atoms with Crippen molar-refractivity contribution < 1.29 is 26.4 Å². The number of benzene rings is 2. The van der Waals surface area contributed by atoms with Crippen LogP contribution < -0.4 is 20.7 Å². The van der Waals surface area contributed by atoms with Crippen LogP contribution in [0.2, 0.25) is 0 Å².